The zero-order valence-electron chi connectivity index (χ0n) is 9.88. The van der Waals surface area contributed by atoms with E-state index in [4.69, 9.17) is 23.2 Å². The standard InChI is InChI=1S/C13H9BrCl2N2O/c1-7-4-11(16)9(6-17-7)13(19)18-12-3-2-8(15)5-10(12)14/h2-6H,1H3,(H,18,19). The number of hydrogen-bond donors (Lipinski definition) is 1. The molecule has 0 aliphatic carbocycles. The third-order valence-corrected chi connectivity index (χ3v) is 3.62. The van der Waals surface area contributed by atoms with Gasteiger partial charge in [-0.05, 0) is 47.1 Å². The fourth-order valence-corrected chi connectivity index (χ4v) is 2.55. The van der Waals surface area contributed by atoms with Crippen molar-refractivity contribution in [2.75, 3.05) is 5.32 Å². The monoisotopic (exact) mass is 358 g/mol. The molecule has 1 aromatic heterocycles. The Balaban J connectivity index is 2.25. The van der Waals surface area contributed by atoms with Crippen molar-refractivity contribution in [3.05, 3.63) is 56.2 Å². The van der Waals surface area contributed by atoms with Crippen LogP contribution in [0.15, 0.2) is 34.9 Å². The number of anilines is 1. The molecule has 0 atom stereocenters. The normalized spacial score (nSPS) is 10.3. The highest BCUT2D eigenvalue weighted by Gasteiger charge is 2.12. The summed E-state index contributed by atoms with van der Waals surface area (Å²) in [5, 5.41) is 3.70. The molecule has 0 saturated heterocycles. The van der Waals surface area contributed by atoms with Crippen LogP contribution in [0.5, 0.6) is 0 Å². The van der Waals surface area contributed by atoms with Crippen molar-refractivity contribution in [1.29, 1.82) is 0 Å². The summed E-state index contributed by atoms with van der Waals surface area (Å²) >= 11 is 15.2. The minimum atomic E-state index is -0.319. The number of nitrogens with one attached hydrogen (secondary N) is 1. The number of halogens is 3. The molecule has 1 N–H and O–H groups in total. The number of hydrogen-bond acceptors (Lipinski definition) is 2. The first kappa shape index (κ1) is 14.3. The van der Waals surface area contributed by atoms with E-state index in [0.29, 0.717) is 25.8 Å². The third-order valence-electron chi connectivity index (χ3n) is 2.41. The maximum absolute atomic E-state index is 12.1. The molecule has 2 aromatic rings. The SMILES string of the molecule is Cc1cc(Cl)c(C(=O)Nc2ccc(Cl)cc2Br)cn1. The molecule has 1 amide bonds. The number of benzene rings is 1. The Morgan fingerprint density at radius 3 is 2.68 bits per heavy atom. The number of aryl methyl sites for hydroxylation is 1. The fraction of sp³-hybridized carbons (Fsp3) is 0.0769. The van der Waals surface area contributed by atoms with Gasteiger partial charge in [0.15, 0.2) is 0 Å². The Bertz CT molecular complexity index is 647. The Kier molecular flexibility index (Phi) is 4.45. The van der Waals surface area contributed by atoms with Crippen LogP contribution in [0.2, 0.25) is 10.0 Å². The Labute approximate surface area is 129 Å². The number of aromatic nitrogens is 1. The first-order valence-electron chi connectivity index (χ1n) is 5.36. The van der Waals surface area contributed by atoms with Gasteiger partial charge in [0.2, 0.25) is 0 Å². The van der Waals surface area contributed by atoms with Crippen molar-refractivity contribution in [1.82, 2.24) is 4.98 Å². The average Bonchev–Trinajstić information content (AvgIpc) is 2.32. The zero-order chi connectivity index (χ0) is 14.0. The van der Waals surface area contributed by atoms with Gasteiger partial charge in [0.1, 0.15) is 0 Å². The van der Waals surface area contributed by atoms with Crippen molar-refractivity contribution in [2.45, 2.75) is 6.92 Å². The number of amides is 1. The largest absolute Gasteiger partial charge is 0.321 e. The minimum Gasteiger partial charge on any atom is -0.321 e. The summed E-state index contributed by atoms with van der Waals surface area (Å²) in [6.07, 6.45) is 1.46. The zero-order valence-corrected chi connectivity index (χ0v) is 13.0. The van der Waals surface area contributed by atoms with Crippen LogP contribution in [0.25, 0.3) is 0 Å². The van der Waals surface area contributed by atoms with E-state index in [1.54, 1.807) is 24.3 Å². The Morgan fingerprint density at radius 1 is 1.32 bits per heavy atom. The van der Waals surface area contributed by atoms with Gasteiger partial charge in [-0.2, -0.15) is 0 Å². The third kappa shape index (κ3) is 3.47. The molecule has 2 rings (SSSR count). The summed E-state index contributed by atoms with van der Waals surface area (Å²) in [7, 11) is 0. The molecular weight excluding hydrogens is 351 g/mol. The van der Waals surface area contributed by atoms with Crippen molar-refractivity contribution in [3.63, 3.8) is 0 Å². The van der Waals surface area contributed by atoms with Gasteiger partial charge in [-0.3, -0.25) is 9.78 Å². The first-order chi connectivity index (χ1) is 8.97. The van der Waals surface area contributed by atoms with Gasteiger partial charge in [-0.15, -0.1) is 0 Å². The van der Waals surface area contributed by atoms with Gasteiger partial charge in [-0.1, -0.05) is 23.2 Å². The highest BCUT2D eigenvalue weighted by atomic mass is 79.9. The lowest BCUT2D eigenvalue weighted by Gasteiger charge is -2.09. The number of carbonyl (C=O) groups is 1. The molecule has 19 heavy (non-hydrogen) atoms. The van der Waals surface area contributed by atoms with Crippen LogP contribution in [0, 0.1) is 6.92 Å². The summed E-state index contributed by atoms with van der Waals surface area (Å²) in [4.78, 5) is 16.2. The number of carbonyl (C=O) groups excluding carboxylic acids is 1. The van der Waals surface area contributed by atoms with Crippen molar-refractivity contribution in [3.8, 4) is 0 Å². The highest BCUT2D eigenvalue weighted by molar-refractivity contribution is 9.10. The highest BCUT2D eigenvalue weighted by Crippen LogP contribution is 2.27. The van der Waals surface area contributed by atoms with E-state index >= 15 is 0 Å². The molecule has 1 heterocycles. The molecule has 0 fully saturated rings. The fourth-order valence-electron chi connectivity index (χ4n) is 1.47. The second-order valence-electron chi connectivity index (χ2n) is 3.88. The molecule has 98 valence electrons. The average molecular weight is 360 g/mol. The van der Waals surface area contributed by atoms with E-state index in [9.17, 15) is 4.79 Å². The molecule has 0 aliphatic rings. The van der Waals surface area contributed by atoms with Crippen LogP contribution in [0.4, 0.5) is 5.69 Å². The molecule has 0 radical (unpaired) electrons. The maximum atomic E-state index is 12.1. The van der Waals surface area contributed by atoms with E-state index in [1.165, 1.54) is 6.20 Å². The minimum absolute atomic E-state index is 0.319. The molecule has 0 aliphatic heterocycles. The van der Waals surface area contributed by atoms with Crippen LogP contribution in [0.3, 0.4) is 0 Å². The van der Waals surface area contributed by atoms with E-state index in [0.717, 1.165) is 5.69 Å². The lowest BCUT2D eigenvalue weighted by molar-refractivity contribution is 0.102. The van der Waals surface area contributed by atoms with Crippen molar-refractivity contribution >= 4 is 50.7 Å². The summed E-state index contributed by atoms with van der Waals surface area (Å²) < 4.78 is 0.699. The van der Waals surface area contributed by atoms with Gasteiger partial charge in [0.25, 0.3) is 5.91 Å². The second kappa shape index (κ2) is 5.90. The molecule has 6 heteroatoms. The Morgan fingerprint density at radius 2 is 2.05 bits per heavy atom. The smallest absolute Gasteiger partial charge is 0.258 e. The van der Waals surface area contributed by atoms with Crippen molar-refractivity contribution < 1.29 is 4.79 Å². The second-order valence-corrected chi connectivity index (χ2v) is 5.58. The quantitative estimate of drug-likeness (QED) is 0.843. The number of rotatable bonds is 2. The maximum Gasteiger partial charge on any atom is 0.258 e. The van der Waals surface area contributed by atoms with Gasteiger partial charge >= 0.3 is 0 Å². The van der Waals surface area contributed by atoms with E-state index in [-0.39, 0.29) is 5.91 Å². The van der Waals surface area contributed by atoms with Crippen LogP contribution < -0.4 is 5.32 Å². The van der Waals surface area contributed by atoms with E-state index in [2.05, 4.69) is 26.2 Å². The lowest BCUT2D eigenvalue weighted by atomic mass is 10.2. The molecule has 0 spiro atoms. The van der Waals surface area contributed by atoms with Gasteiger partial charge in [-0.25, -0.2) is 0 Å². The molecule has 0 saturated carbocycles. The van der Waals surface area contributed by atoms with Crippen LogP contribution in [0.1, 0.15) is 16.1 Å². The molecule has 0 unspecified atom stereocenters. The van der Waals surface area contributed by atoms with Crippen molar-refractivity contribution in [2.24, 2.45) is 0 Å². The van der Waals surface area contributed by atoms with Crippen LogP contribution in [-0.4, -0.2) is 10.9 Å². The topological polar surface area (TPSA) is 42.0 Å². The summed E-state index contributed by atoms with van der Waals surface area (Å²) in [6, 6.07) is 6.75. The first-order valence-corrected chi connectivity index (χ1v) is 6.91. The summed E-state index contributed by atoms with van der Waals surface area (Å²) in [5.74, 6) is -0.319. The summed E-state index contributed by atoms with van der Waals surface area (Å²) in [6.45, 7) is 1.81. The van der Waals surface area contributed by atoms with Crippen LogP contribution in [-0.2, 0) is 0 Å². The van der Waals surface area contributed by atoms with Crippen LogP contribution >= 0.6 is 39.1 Å². The number of pyridine rings is 1. The van der Waals surface area contributed by atoms with Gasteiger partial charge < -0.3 is 5.32 Å². The molecule has 0 bridgehead atoms. The van der Waals surface area contributed by atoms with Gasteiger partial charge in [0.05, 0.1) is 16.3 Å². The molecule has 3 nitrogen and oxygen atoms in total. The Hall–Kier alpha value is -1.10. The molecule has 1 aromatic carbocycles. The van der Waals surface area contributed by atoms with Gasteiger partial charge in [0, 0.05) is 21.4 Å². The molecular formula is C13H9BrCl2N2O. The summed E-state index contributed by atoms with van der Waals surface area (Å²) in [5.41, 5.74) is 1.70. The predicted molar refractivity (Wildman–Crippen MR) is 81.1 cm³/mol. The predicted octanol–water partition coefficient (Wildman–Crippen LogP) is 4.71. The van der Waals surface area contributed by atoms with E-state index in [1.807, 2.05) is 6.92 Å². The lowest BCUT2D eigenvalue weighted by Crippen LogP contribution is -2.13. The number of nitrogens with zero attached hydrogens (tertiary/aromatic N) is 1. The van der Waals surface area contributed by atoms with E-state index < -0.39 is 0 Å².